The van der Waals surface area contributed by atoms with Crippen LogP contribution >= 0.6 is 15.6 Å². The average Bonchev–Trinajstić information content (AvgIpc) is 3.24. The molecule has 0 bridgehead atoms. The molecule has 0 aromatic rings. The van der Waals surface area contributed by atoms with Gasteiger partial charge in [-0.2, -0.15) is 0 Å². The van der Waals surface area contributed by atoms with Crippen LogP contribution in [0, 0.1) is 11.8 Å². The molecule has 0 aliphatic heterocycles. The minimum absolute atomic E-state index is 0.105. The Morgan fingerprint density at radius 3 is 0.716 bits per heavy atom. The van der Waals surface area contributed by atoms with E-state index in [1.165, 1.54) is 212 Å². The van der Waals surface area contributed by atoms with E-state index in [-0.39, 0.29) is 25.7 Å². The van der Waals surface area contributed by atoms with E-state index >= 15 is 0 Å². The number of aliphatic hydroxyl groups excluding tert-OH is 1. The van der Waals surface area contributed by atoms with Crippen LogP contribution in [0.5, 0.6) is 0 Å². The predicted octanol–water partition coefficient (Wildman–Crippen LogP) is 22.3. The molecule has 95 heavy (non-hydrogen) atoms. The number of rotatable bonds is 75. The largest absolute Gasteiger partial charge is 0.472 e. The highest BCUT2D eigenvalue weighted by Crippen LogP contribution is 2.45. The molecule has 17 nitrogen and oxygen atoms in total. The Hall–Kier alpha value is -1.94. The van der Waals surface area contributed by atoms with Gasteiger partial charge in [0.15, 0.2) is 12.2 Å². The zero-order valence-electron chi connectivity index (χ0n) is 62.0. The second kappa shape index (κ2) is 67.9. The third kappa shape index (κ3) is 70.3. The van der Waals surface area contributed by atoms with Crippen molar-refractivity contribution in [1.29, 1.82) is 0 Å². The van der Waals surface area contributed by atoms with Crippen LogP contribution in [0.2, 0.25) is 0 Å². The number of phosphoric ester groups is 2. The maximum Gasteiger partial charge on any atom is 0.472 e. The maximum atomic E-state index is 13.1. The molecule has 0 saturated heterocycles. The van der Waals surface area contributed by atoms with Crippen molar-refractivity contribution in [3.63, 3.8) is 0 Å². The molecule has 0 aliphatic carbocycles. The van der Waals surface area contributed by atoms with Gasteiger partial charge in [-0.05, 0) is 37.5 Å². The van der Waals surface area contributed by atoms with Crippen molar-refractivity contribution in [2.24, 2.45) is 11.8 Å². The Morgan fingerprint density at radius 2 is 0.484 bits per heavy atom. The van der Waals surface area contributed by atoms with E-state index in [0.717, 1.165) is 102 Å². The maximum absolute atomic E-state index is 13.1. The fourth-order valence-electron chi connectivity index (χ4n) is 11.7. The number of unbranched alkanes of at least 4 members (excludes halogenated alkanes) is 45. The van der Waals surface area contributed by atoms with Gasteiger partial charge in [-0.3, -0.25) is 37.3 Å². The smallest absolute Gasteiger partial charge is 0.462 e. The highest BCUT2D eigenvalue weighted by Gasteiger charge is 2.30. The van der Waals surface area contributed by atoms with Crippen molar-refractivity contribution in [3.8, 4) is 0 Å². The Bertz CT molecular complexity index is 1840. The molecule has 0 saturated carbocycles. The molecule has 0 heterocycles. The van der Waals surface area contributed by atoms with Crippen LogP contribution in [-0.2, 0) is 65.4 Å². The van der Waals surface area contributed by atoms with Crippen LogP contribution in [0.15, 0.2) is 0 Å². The molecule has 0 amide bonds. The van der Waals surface area contributed by atoms with Gasteiger partial charge < -0.3 is 33.8 Å². The van der Waals surface area contributed by atoms with Crippen LogP contribution in [0.25, 0.3) is 0 Å². The lowest BCUT2D eigenvalue weighted by molar-refractivity contribution is -0.161. The summed E-state index contributed by atoms with van der Waals surface area (Å²) in [6.45, 7) is 9.58. The molecule has 2 unspecified atom stereocenters. The fourth-order valence-corrected chi connectivity index (χ4v) is 13.2. The number of carbonyl (C=O) groups excluding carboxylic acids is 4. The molecule has 5 atom stereocenters. The number of carbonyl (C=O) groups is 4. The van der Waals surface area contributed by atoms with Crippen molar-refractivity contribution in [2.45, 2.75) is 413 Å². The number of ether oxygens (including phenoxy) is 4. The fraction of sp³-hybridized carbons (Fsp3) is 0.947. The monoisotopic (exact) mass is 1400 g/mol. The summed E-state index contributed by atoms with van der Waals surface area (Å²) in [5, 5.41) is 10.6. The summed E-state index contributed by atoms with van der Waals surface area (Å²) in [7, 11) is -9.91. The highest BCUT2D eigenvalue weighted by atomic mass is 31.2. The van der Waals surface area contributed by atoms with E-state index in [2.05, 4.69) is 41.5 Å². The molecular weight excluding hydrogens is 1250 g/mol. The van der Waals surface area contributed by atoms with E-state index in [0.29, 0.717) is 25.7 Å². The summed E-state index contributed by atoms with van der Waals surface area (Å²) in [6.07, 6.45) is 55.5. The minimum atomic E-state index is -4.96. The summed E-state index contributed by atoms with van der Waals surface area (Å²) in [5.74, 6) is -0.589. The van der Waals surface area contributed by atoms with Crippen LogP contribution in [0.3, 0.4) is 0 Å². The van der Waals surface area contributed by atoms with Gasteiger partial charge in [0.25, 0.3) is 0 Å². The first-order chi connectivity index (χ1) is 45.9. The number of phosphoric acid groups is 2. The molecule has 0 aromatic carbocycles. The number of aliphatic hydroxyl groups is 1. The number of hydrogen-bond donors (Lipinski definition) is 3. The molecule has 0 aromatic heterocycles. The number of hydrogen-bond acceptors (Lipinski definition) is 15. The van der Waals surface area contributed by atoms with Gasteiger partial charge >= 0.3 is 39.5 Å². The molecule has 0 aliphatic rings. The Balaban J connectivity index is 5.22. The Kier molecular flexibility index (Phi) is 66.5. The van der Waals surface area contributed by atoms with Crippen LogP contribution in [0.4, 0.5) is 0 Å². The van der Waals surface area contributed by atoms with Gasteiger partial charge in [0, 0.05) is 25.7 Å². The Morgan fingerprint density at radius 1 is 0.284 bits per heavy atom. The zero-order chi connectivity index (χ0) is 70.0. The van der Waals surface area contributed by atoms with E-state index < -0.39 is 97.5 Å². The molecule has 19 heteroatoms. The standard InChI is InChI=1S/C76H148O17P2/c1-7-9-11-13-15-17-18-19-20-21-22-23-26-30-36-42-48-54-60-75(80)92-72(65-87-74(79)59-53-47-41-35-29-27-24-25-28-33-38-44-50-56-68(3)4)67-91-95(84,85)89-63-70(77)62-88-94(82,83)90-66-71(64-86-73(78)58-52-46-40-32-16-14-12-10-8-2)93-76(81)61-55-49-43-37-31-34-39-45-51-57-69(5)6/h68-72,77H,7-67H2,1-6H3,(H,82,83)(H,84,85)/t70-,71+,72+/m0/s1. The van der Waals surface area contributed by atoms with Gasteiger partial charge in [0.05, 0.1) is 26.4 Å². The van der Waals surface area contributed by atoms with Gasteiger partial charge in [0.2, 0.25) is 0 Å². The molecule has 0 fully saturated rings. The third-order valence-electron chi connectivity index (χ3n) is 17.7. The van der Waals surface area contributed by atoms with Crippen LogP contribution in [-0.4, -0.2) is 96.7 Å². The first-order valence-electron chi connectivity index (χ1n) is 39.5. The van der Waals surface area contributed by atoms with Crippen molar-refractivity contribution in [3.05, 3.63) is 0 Å². The highest BCUT2D eigenvalue weighted by molar-refractivity contribution is 7.47. The van der Waals surface area contributed by atoms with E-state index in [4.69, 9.17) is 37.0 Å². The lowest BCUT2D eigenvalue weighted by atomic mass is 10.0. The van der Waals surface area contributed by atoms with E-state index in [9.17, 15) is 43.2 Å². The first-order valence-corrected chi connectivity index (χ1v) is 42.5. The lowest BCUT2D eigenvalue weighted by Crippen LogP contribution is -2.30. The Labute approximate surface area is 581 Å². The van der Waals surface area contributed by atoms with Gasteiger partial charge in [-0.1, -0.05) is 343 Å². The summed E-state index contributed by atoms with van der Waals surface area (Å²) in [6, 6.07) is 0. The quantitative estimate of drug-likeness (QED) is 0.0222. The first kappa shape index (κ1) is 93.1. The van der Waals surface area contributed by atoms with Crippen LogP contribution < -0.4 is 0 Å². The summed E-state index contributed by atoms with van der Waals surface area (Å²) in [5.41, 5.74) is 0. The third-order valence-corrected chi connectivity index (χ3v) is 19.6. The average molecular weight is 1400 g/mol. The SMILES string of the molecule is CCCCCCCCCCCCCCCCCCCCC(=O)O[C@H](COC(=O)CCCCCCCCCCCCCCCC(C)C)COP(=O)(O)OC[C@@H](O)COP(=O)(O)OC[C@@H](COC(=O)CCCCCCCCCCC)OC(=O)CCCCCCCCCCCC(C)C. The second-order valence-electron chi connectivity index (χ2n) is 28.3. The molecule has 0 rings (SSSR count). The molecule has 0 radical (unpaired) electrons. The van der Waals surface area contributed by atoms with E-state index in [1.807, 2.05) is 0 Å². The molecule has 0 spiro atoms. The minimum Gasteiger partial charge on any atom is -0.462 e. The van der Waals surface area contributed by atoms with Crippen molar-refractivity contribution in [2.75, 3.05) is 39.6 Å². The molecule has 564 valence electrons. The second-order valence-corrected chi connectivity index (χ2v) is 31.3. The van der Waals surface area contributed by atoms with Crippen LogP contribution in [0.1, 0.15) is 395 Å². The zero-order valence-corrected chi connectivity index (χ0v) is 63.8. The van der Waals surface area contributed by atoms with Crippen molar-refractivity contribution < 1.29 is 80.2 Å². The van der Waals surface area contributed by atoms with Gasteiger partial charge in [0.1, 0.15) is 19.3 Å². The summed E-state index contributed by atoms with van der Waals surface area (Å²) >= 11 is 0. The molecular formula is C76H148O17P2. The number of esters is 4. The summed E-state index contributed by atoms with van der Waals surface area (Å²) < 4.78 is 68.5. The van der Waals surface area contributed by atoms with Crippen molar-refractivity contribution >= 4 is 39.5 Å². The lowest BCUT2D eigenvalue weighted by Gasteiger charge is -2.21. The van der Waals surface area contributed by atoms with Gasteiger partial charge in [-0.25, -0.2) is 9.13 Å². The topological polar surface area (TPSA) is 237 Å². The summed E-state index contributed by atoms with van der Waals surface area (Å²) in [4.78, 5) is 72.8. The van der Waals surface area contributed by atoms with Gasteiger partial charge in [-0.15, -0.1) is 0 Å². The predicted molar refractivity (Wildman–Crippen MR) is 386 cm³/mol. The van der Waals surface area contributed by atoms with Crippen molar-refractivity contribution in [1.82, 2.24) is 0 Å². The molecule has 3 N–H and O–H groups in total. The normalized spacial score (nSPS) is 14.0. The van der Waals surface area contributed by atoms with E-state index in [1.54, 1.807) is 0 Å².